The van der Waals surface area contributed by atoms with E-state index in [1.165, 1.54) is 32.1 Å². The Morgan fingerprint density at radius 1 is 1.26 bits per heavy atom. The van der Waals surface area contributed by atoms with Crippen molar-refractivity contribution in [2.75, 3.05) is 13.6 Å². The van der Waals surface area contributed by atoms with Crippen molar-refractivity contribution in [3.05, 3.63) is 0 Å². The van der Waals surface area contributed by atoms with Gasteiger partial charge in [0, 0.05) is 12.5 Å². The summed E-state index contributed by atoms with van der Waals surface area (Å²) < 4.78 is 0. The fourth-order valence-corrected chi connectivity index (χ4v) is 2.90. The van der Waals surface area contributed by atoms with Crippen LogP contribution in [0.4, 0.5) is 0 Å². The third-order valence-corrected chi connectivity index (χ3v) is 4.51. The highest BCUT2D eigenvalue weighted by molar-refractivity contribution is 5.74. The first-order valence-electron chi connectivity index (χ1n) is 7.64. The average Bonchev–Trinajstić information content (AvgIpc) is 2.37. The summed E-state index contributed by atoms with van der Waals surface area (Å²) in [7, 11) is 2.25. The van der Waals surface area contributed by atoms with Gasteiger partial charge < -0.3 is 4.90 Å². The molecule has 0 aromatic heterocycles. The number of hydrogen-bond donors (Lipinski definition) is 2. The third-order valence-electron chi connectivity index (χ3n) is 4.51. The summed E-state index contributed by atoms with van der Waals surface area (Å²) in [4.78, 5) is 13.5. The van der Waals surface area contributed by atoms with Crippen LogP contribution in [0.2, 0.25) is 0 Å². The van der Waals surface area contributed by atoms with Crippen molar-refractivity contribution in [1.82, 2.24) is 10.3 Å². The standard InChI is InChI=1S/C15H31N3O/c1-15(2)10-8-13(9-11-15)18(3)12-6-4-5-7-14(19)17-16/h13H,4-12,16H2,1-3H3,(H,17,19). The molecule has 1 aliphatic carbocycles. The first-order valence-corrected chi connectivity index (χ1v) is 7.64. The highest BCUT2D eigenvalue weighted by Gasteiger charge is 2.28. The maximum Gasteiger partial charge on any atom is 0.233 e. The second kappa shape index (κ2) is 7.85. The summed E-state index contributed by atoms with van der Waals surface area (Å²) in [5.41, 5.74) is 2.72. The van der Waals surface area contributed by atoms with Crippen molar-refractivity contribution in [1.29, 1.82) is 0 Å². The first kappa shape index (κ1) is 16.4. The van der Waals surface area contributed by atoms with Crippen LogP contribution >= 0.6 is 0 Å². The van der Waals surface area contributed by atoms with E-state index in [4.69, 9.17) is 5.84 Å². The molecule has 3 N–H and O–H groups in total. The van der Waals surface area contributed by atoms with Gasteiger partial charge in [-0.3, -0.25) is 10.2 Å². The monoisotopic (exact) mass is 269 g/mol. The van der Waals surface area contributed by atoms with Crippen LogP contribution in [-0.4, -0.2) is 30.4 Å². The SMILES string of the molecule is CN(CCCCCC(=O)NN)C1CCC(C)(C)CC1. The Hall–Kier alpha value is -0.610. The lowest BCUT2D eigenvalue weighted by Crippen LogP contribution is -2.37. The van der Waals surface area contributed by atoms with Crippen LogP contribution in [0, 0.1) is 5.41 Å². The molecular weight excluding hydrogens is 238 g/mol. The van der Waals surface area contributed by atoms with E-state index in [2.05, 4.69) is 31.2 Å². The van der Waals surface area contributed by atoms with Gasteiger partial charge in [-0.25, -0.2) is 5.84 Å². The highest BCUT2D eigenvalue weighted by Crippen LogP contribution is 2.36. The van der Waals surface area contributed by atoms with Crippen molar-refractivity contribution in [2.24, 2.45) is 11.3 Å². The quantitative estimate of drug-likeness (QED) is 0.323. The van der Waals surface area contributed by atoms with Crippen LogP contribution in [0.15, 0.2) is 0 Å². The van der Waals surface area contributed by atoms with Crippen LogP contribution in [0.25, 0.3) is 0 Å². The molecule has 1 rings (SSSR count). The van der Waals surface area contributed by atoms with E-state index in [0.717, 1.165) is 25.4 Å². The Kier molecular flexibility index (Phi) is 6.80. The van der Waals surface area contributed by atoms with Crippen molar-refractivity contribution >= 4 is 5.91 Å². The van der Waals surface area contributed by atoms with Crippen LogP contribution in [0.5, 0.6) is 0 Å². The number of nitrogens with zero attached hydrogens (tertiary/aromatic N) is 1. The van der Waals surface area contributed by atoms with Crippen molar-refractivity contribution in [3.63, 3.8) is 0 Å². The largest absolute Gasteiger partial charge is 0.303 e. The zero-order valence-electron chi connectivity index (χ0n) is 12.9. The minimum absolute atomic E-state index is 0.0529. The number of hydrogen-bond acceptors (Lipinski definition) is 3. The lowest BCUT2D eigenvalue weighted by Gasteiger charge is -2.38. The van der Waals surface area contributed by atoms with E-state index in [0.29, 0.717) is 11.8 Å². The Morgan fingerprint density at radius 2 is 1.89 bits per heavy atom. The van der Waals surface area contributed by atoms with Gasteiger partial charge in [-0.1, -0.05) is 20.3 Å². The number of nitrogens with one attached hydrogen (secondary N) is 1. The molecule has 0 atom stereocenters. The minimum Gasteiger partial charge on any atom is -0.303 e. The average molecular weight is 269 g/mol. The molecule has 0 unspecified atom stereocenters. The summed E-state index contributed by atoms with van der Waals surface area (Å²) in [6, 6.07) is 0.764. The number of carbonyl (C=O) groups is 1. The predicted octanol–water partition coefficient (Wildman–Crippen LogP) is 2.44. The smallest absolute Gasteiger partial charge is 0.233 e. The van der Waals surface area contributed by atoms with E-state index in [1.807, 2.05) is 0 Å². The van der Waals surface area contributed by atoms with Crippen LogP contribution in [-0.2, 0) is 4.79 Å². The molecule has 19 heavy (non-hydrogen) atoms. The number of amides is 1. The Balaban J connectivity index is 2.08. The van der Waals surface area contributed by atoms with Crippen molar-refractivity contribution in [3.8, 4) is 0 Å². The van der Waals surface area contributed by atoms with Gasteiger partial charge in [-0.2, -0.15) is 0 Å². The zero-order chi connectivity index (χ0) is 14.3. The van der Waals surface area contributed by atoms with E-state index in [-0.39, 0.29) is 5.91 Å². The Labute approximate surface area is 118 Å². The summed E-state index contributed by atoms with van der Waals surface area (Å²) >= 11 is 0. The molecule has 0 heterocycles. The lowest BCUT2D eigenvalue weighted by molar-refractivity contribution is -0.121. The molecule has 4 nitrogen and oxygen atoms in total. The molecule has 0 saturated heterocycles. The number of carbonyl (C=O) groups excluding carboxylic acids is 1. The second-order valence-electron chi connectivity index (χ2n) is 6.75. The van der Waals surface area contributed by atoms with Gasteiger partial charge in [0.1, 0.15) is 0 Å². The van der Waals surface area contributed by atoms with E-state index >= 15 is 0 Å². The molecule has 1 amide bonds. The summed E-state index contributed by atoms with van der Waals surface area (Å²) in [5.74, 6) is 4.99. The fourth-order valence-electron chi connectivity index (χ4n) is 2.90. The number of nitrogens with two attached hydrogens (primary N) is 1. The normalized spacial score (nSPS) is 19.6. The van der Waals surface area contributed by atoms with Gasteiger partial charge in [0.15, 0.2) is 0 Å². The summed E-state index contributed by atoms with van der Waals surface area (Å²) in [5, 5.41) is 0. The topological polar surface area (TPSA) is 58.4 Å². The molecule has 0 aromatic rings. The van der Waals surface area contributed by atoms with Gasteiger partial charge in [-0.15, -0.1) is 0 Å². The maximum atomic E-state index is 11.0. The van der Waals surface area contributed by atoms with E-state index in [1.54, 1.807) is 0 Å². The van der Waals surface area contributed by atoms with E-state index < -0.39 is 0 Å². The van der Waals surface area contributed by atoms with Crippen LogP contribution in [0.3, 0.4) is 0 Å². The van der Waals surface area contributed by atoms with E-state index in [9.17, 15) is 4.79 Å². The fraction of sp³-hybridized carbons (Fsp3) is 0.933. The van der Waals surface area contributed by atoms with Gasteiger partial charge in [0.2, 0.25) is 5.91 Å². The second-order valence-corrected chi connectivity index (χ2v) is 6.75. The molecule has 0 aromatic carbocycles. The highest BCUT2D eigenvalue weighted by atomic mass is 16.2. The maximum absolute atomic E-state index is 11.0. The lowest BCUT2D eigenvalue weighted by atomic mass is 9.75. The predicted molar refractivity (Wildman–Crippen MR) is 79.5 cm³/mol. The summed E-state index contributed by atoms with van der Waals surface area (Å²) in [6.07, 6.45) is 9.13. The molecule has 112 valence electrons. The van der Waals surface area contributed by atoms with Gasteiger partial charge in [0.05, 0.1) is 0 Å². The molecule has 0 radical (unpaired) electrons. The molecule has 1 saturated carbocycles. The molecule has 1 fully saturated rings. The van der Waals surface area contributed by atoms with Crippen LogP contribution in [0.1, 0.15) is 65.2 Å². The number of rotatable bonds is 7. The number of hydrazine groups is 1. The molecule has 0 aliphatic heterocycles. The van der Waals surface area contributed by atoms with Gasteiger partial charge >= 0.3 is 0 Å². The van der Waals surface area contributed by atoms with Gasteiger partial charge in [-0.05, 0) is 57.5 Å². The molecule has 4 heteroatoms. The zero-order valence-corrected chi connectivity index (χ0v) is 12.9. The Bertz CT molecular complexity index is 269. The summed E-state index contributed by atoms with van der Waals surface area (Å²) in [6.45, 7) is 5.91. The van der Waals surface area contributed by atoms with Crippen molar-refractivity contribution in [2.45, 2.75) is 71.3 Å². The minimum atomic E-state index is -0.0529. The van der Waals surface area contributed by atoms with Crippen molar-refractivity contribution < 1.29 is 4.79 Å². The third kappa shape index (κ3) is 6.39. The van der Waals surface area contributed by atoms with Gasteiger partial charge in [0.25, 0.3) is 0 Å². The molecule has 1 aliphatic rings. The Morgan fingerprint density at radius 3 is 2.47 bits per heavy atom. The molecule has 0 spiro atoms. The van der Waals surface area contributed by atoms with Crippen LogP contribution < -0.4 is 11.3 Å². The number of unbranched alkanes of at least 4 members (excludes halogenated alkanes) is 2. The molecule has 0 bridgehead atoms. The molecular formula is C15H31N3O. The first-order chi connectivity index (χ1) is 8.94.